The molecule has 5 nitrogen and oxygen atoms in total. The highest BCUT2D eigenvalue weighted by atomic mass is 35.5. The lowest BCUT2D eigenvalue weighted by molar-refractivity contribution is 0.459. The molecule has 0 amide bonds. The van der Waals surface area contributed by atoms with Crippen molar-refractivity contribution in [2.24, 2.45) is 5.73 Å². The number of nitrogens with two attached hydrogens (primary N) is 1. The fourth-order valence-electron chi connectivity index (χ4n) is 3.28. The van der Waals surface area contributed by atoms with Gasteiger partial charge in [0.2, 0.25) is 0 Å². The van der Waals surface area contributed by atoms with E-state index in [1.165, 1.54) is 12.1 Å². The summed E-state index contributed by atoms with van der Waals surface area (Å²) in [4.78, 5) is 4.06. The number of hydrogen-bond donors (Lipinski definition) is 1. The minimum absolute atomic E-state index is 0. The second kappa shape index (κ2) is 8.39. The number of halogens is 2. The molecule has 0 bridgehead atoms. The van der Waals surface area contributed by atoms with Gasteiger partial charge in [-0.1, -0.05) is 35.5 Å². The lowest BCUT2D eigenvalue weighted by Crippen LogP contribution is -2.16. The second-order valence-corrected chi connectivity index (χ2v) is 6.67. The van der Waals surface area contributed by atoms with Gasteiger partial charge in [0.25, 0.3) is 0 Å². The zero-order valence-electron chi connectivity index (χ0n) is 15.6. The number of rotatable bonds is 4. The number of nitrogens with zero attached hydrogens (tertiary/aromatic N) is 3. The van der Waals surface area contributed by atoms with Crippen LogP contribution in [0.3, 0.4) is 0 Å². The normalized spacial score (nSPS) is 11.7. The maximum atomic E-state index is 14.1. The predicted octanol–water partition coefficient (Wildman–Crippen LogP) is 4.87. The van der Waals surface area contributed by atoms with Crippen LogP contribution in [0.25, 0.3) is 22.2 Å². The Kier molecular flexibility index (Phi) is 5.92. The van der Waals surface area contributed by atoms with Gasteiger partial charge in [-0.05, 0) is 42.3 Å². The molecule has 2 heterocycles. The first-order chi connectivity index (χ1) is 13.6. The van der Waals surface area contributed by atoms with Crippen LogP contribution in [-0.4, -0.2) is 10.1 Å². The summed E-state index contributed by atoms with van der Waals surface area (Å²) in [6.45, 7) is 1.99. The molecule has 4 rings (SSSR count). The number of nitriles is 1. The van der Waals surface area contributed by atoms with Crippen LogP contribution >= 0.6 is 12.4 Å². The molecule has 4 aromatic rings. The highest BCUT2D eigenvalue weighted by Gasteiger charge is 2.19. The zero-order chi connectivity index (χ0) is 19.7. The van der Waals surface area contributed by atoms with Gasteiger partial charge in [-0.3, -0.25) is 0 Å². The third kappa shape index (κ3) is 3.97. The molecular weight excluding hydrogens is 391 g/mol. The molecule has 1 atom stereocenters. The summed E-state index contributed by atoms with van der Waals surface area (Å²) >= 11 is 0. The Labute approximate surface area is 173 Å². The highest BCUT2D eigenvalue weighted by molar-refractivity contribution is 5.92. The first kappa shape index (κ1) is 20.5. The molecule has 0 saturated heterocycles. The van der Waals surface area contributed by atoms with Crippen molar-refractivity contribution in [3.05, 3.63) is 82.9 Å². The van der Waals surface area contributed by atoms with Crippen LogP contribution in [0.15, 0.2) is 59.1 Å². The fraction of sp³-hybridized carbons (Fsp3) is 0.136. The van der Waals surface area contributed by atoms with E-state index in [0.717, 1.165) is 22.1 Å². The van der Waals surface area contributed by atoms with E-state index in [1.54, 1.807) is 0 Å². The molecular formula is C22H18ClFN4O. The van der Waals surface area contributed by atoms with Crippen molar-refractivity contribution in [1.29, 1.82) is 5.26 Å². The molecule has 2 aromatic carbocycles. The van der Waals surface area contributed by atoms with E-state index in [4.69, 9.17) is 15.5 Å². The zero-order valence-corrected chi connectivity index (χ0v) is 16.4. The van der Waals surface area contributed by atoms with Crippen LogP contribution in [0.4, 0.5) is 4.39 Å². The van der Waals surface area contributed by atoms with Crippen molar-refractivity contribution in [2.45, 2.75) is 19.4 Å². The smallest absolute Gasteiger partial charge is 0.167 e. The highest BCUT2D eigenvalue weighted by Crippen LogP contribution is 2.33. The first-order valence-electron chi connectivity index (χ1n) is 8.83. The number of aromatic nitrogens is 2. The van der Waals surface area contributed by atoms with Gasteiger partial charge < -0.3 is 10.3 Å². The van der Waals surface area contributed by atoms with E-state index in [9.17, 15) is 4.39 Å². The van der Waals surface area contributed by atoms with Crippen LogP contribution in [0.1, 0.15) is 28.6 Å². The van der Waals surface area contributed by atoms with Crippen molar-refractivity contribution < 1.29 is 8.91 Å². The molecule has 0 aliphatic carbocycles. The Hall–Kier alpha value is -3.27. The van der Waals surface area contributed by atoms with Crippen LogP contribution in [0.5, 0.6) is 0 Å². The lowest BCUT2D eigenvalue weighted by Gasteiger charge is -2.16. The molecule has 0 fully saturated rings. The Morgan fingerprint density at radius 2 is 1.97 bits per heavy atom. The minimum Gasteiger partial charge on any atom is -0.356 e. The average molecular weight is 409 g/mol. The lowest BCUT2D eigenvalue weighted by atomic mass is 9.94. The van der Waals surface area contributed by atoms with Gasteiger partial charge >= 0.3 is 0 Å². The Balaban J connectivity index is 0.00000240. The molecule has 29 heavy (non-hydrogen) atoms. The molecule has 0 radical (unpaired) electrons. The summed E-state index contributed by atoms with van der Waals surface area (Å²) in [5, 5.41) is 14.1. The van der Waals surface area contributed by atoms with Gasteiger partial charge in [-0.2, -0.15) is 5.26 Å². The van der Waals surface area contributed by atoms with Crippen molar-refractivity contribution >= 4 is 23.4 Å². The minimum atomic E-state index is -0.524. The van der Waals surface area contributed by atoms with E-state index < -0.39 is 11.9 Å². The van der Waals surface area contributed by atoms with Gasteiger partial charge in [-0.15, -0.1) is 12.4 Å². The maximum absolute atomic E-state index is 14.1. The Bertz CT molecular complexity index is 1220. The Morgan fingerprint density at radius 1 is 1.17 bits per heavy atom. The average Bonchev–Trinajstić information content (AvgIpc) is 3.12. The number of fused-ring (bicyclic) bond motifs is 1. The summed E-state index contributed by atoms with van der Waals surface area (Å²) in [7, 11) is 0. The van der Waals surface area contributed by atoms with E-state index >= 15 is 0 Å². The monoisotopic (exact) mass is 408 g/mol. The van der Waals surface area contributed by atoms with Gasteiger partial charge in [0.15, 0.2) is 5.58 Å². The van der Waals surface area contributed by atoms with Gasteiger partial charge in [0.1, 0.15) is 23.3 Å². The molecule has 0 unspecified atom stereocenters. The number of hydrogen-bond acceptors (Lipinski definition) is 5. The number of benzene rings is 2. The number of aryl methyl sites for hydroxylation is 1. The topological polar surface area (TPSA) is 88.7 Å². The number of pyridine rings is 1. The maximum Gasteiger partial charge on any atom is 0.167 e. The standard InChI is InChI=1S/C22H17FN4O.ClH/c1-13-6-8-17-21(10-13)28-27-22(17)16-5-3-2-4-15(16)19(25)11-20-18(23)9-7-14(12-24)26-20;/h2-10,19H,11,25H2,1H3;1H/t19-;/m0./s1. The molecule has 0 spiro atoms. The third-order valence-electron chi connectivity index (χ3n) is 4.69. The van der Waals surface area contributed by atoms with Gasteiger partial charge in [0.05, 0.1) is 5.69 Å². The van der Waals surface area contributed by atoms with E-state index in [-0.39, 0.29) is 30.2 Å². The summed E-state index contributed by atoms with van der Waals surface area (Å²) in [6, 6.07) is 17.5. The SMILES string of the molecule is Cc1ccc2c(-c3ccccc3[C@@H](N)Cc3nc(C#N)ccc3F)noc2c1.Cl. The van der Waals surface area contributed by atoms with Gasteiger partial charge in [0, 0.05) is 23.4 Å². The van der Waals surface area contributed by atoms with Crippen LogP contribution < -0.4 is 5.73 Å². The van der Waals surface area contributed by atoms with Gasteiger partial charge in [-0.25, -0.2) is 9.37 Å². The molecule has 0 aliphatic heterocycles. The van der Waals surface area contributed by atoms with E-state index in [2.05, 4.69) is 10.1 Å². The summed E-state index contributed by atoms with van der Waals surface area (Å²) in [6.07, 6.45) is 0.160. The van der Waals surface area contributed by atoms with Crippen LogP contribution in [0, 0.1) is 24.1 Å². The van der Waals surface area contributed by atoms with E-state index in [1.807, 2.05) is 55.5 Å². The van der Waals surface area contributed by atoms with Crippen molar-refractivity contribution in [2.75, 3.05) is 0 Å². The molecule has 0 saturated carbocycles. The third-order valence-corrected chi connectivity index (χ3v) is 4.69. The van der Waals surface area contributed by atoms with Crippen molar-refractivity contribution in [3.63, 3.8) is 0 Å². The predicted molar refractivity (Wildman–Crippen MR) is 111 cm³/mol. The fourth-order valence-corrected chi connectivity index (χ4v) is 3.28. The first-order valence-corrected chi connectivity index (χ1v) is 8.83. The molecule has 146 valence electrons. The van der Waals surface area contributed by atoms with Crippen molar-refractivity contribution in [3.8, 4) is 17.3 Å². The largest absolute Gasteiger partial charge is 0.356 e. The van der Waals surface area contributed by atoms with Crippen LogP contribution in [0.2, 0.25) is 0 Å². The molecule has 7 heteroatoms. The molecule has 2 aromatic heterocycles. The second-order valence-electron chi connectivity index (χ2n) is 6.67. The molecule has 0 aliphatic rings. The summed E-state index contributed by atoms with van der Waals surface area (Å²) in [5.41, 5.74) is 10.9. The molecule has 2 N–H and O–H groups in total. The Morgan fingerprint density at radius 3 is 2.76 bits per heavy atom. The summed E-state index contributed by atoms with van der Waals surface area (Å²) < 4.78 is 19.6. The van der Waals surface area contributed by atoms with E-state index in [0.29, 0.717) is 11.3 Å². The summed E-state index contributed by atoms with van der Waals surface area (Å²) in [5.74, 6) is -0.478. The quantitative estimate of drug-likeness (QED) is 0.520. The van der Waals surface area contributed by atoms with Crippen molar-refractivity contribution in [1.82, 2.24) is 10.1 Å². The van der Waals surface area contributed by atoms with Crippen LogP contribution in [-0.2, 0) is 6.42 Å².